The van der Waals surface area contributed by atoms with Gasteiger partial charge in [0.25, 0.3) is 0 Å². The summed E-state index contributed by atoms with van der Waals surface area (Å²) in [6, 6.07) is 7.06. The molecular formula is C15H19NO4S2. The largest absolute Gasteiger partial charge is 0.496 e. The number of hydrogen-bond acceptors (Lipinski definition) is 5. The molecule has 0 atom stereocenters. The summed E-state index contributed by atoms with van der Waals surface area (Å²) in [5.41, 5.74) is 1.85. The maximum Gasteiger partial charge on any atom is 0.250 e. The molecule has 0 bridgehead atoms. The number of sulfonamides is 1. The van der Waals surface area contributed by atoms with Crippen molar-refractivity contribution in [2.24, 2.45) is 0 Å². The fraction of sp³-hybridized carbons (Fsp3) is 0.333. The molecule has 0 spiro atoms. The van der Waals surface area contributed by atoms with E-state index < -0.39 is 10.0 Å². The highest BCUT2D eigenvalue weighted by Gasteiger charge is 2.16. The Morgan fingerprint density at radius 3 is 2.55 bits per heavy atom. The summed E-state index contributed by atoms with van der Waals surface area (Å²) in [7, 11) is -0.221. The average molecular weight is 341 g/mol. The summed E-state index contributed by atoms with van der Waals surface area (Å²) >= 11 is 1.20. The fourth-order valence-electron chi connectivity index (χ4n) is 2.24. The van der Waals surface area contributed by atoms with Crippen LogP contribution in [-0.2, 0) is 16.4 Å². The first-order chi connectivity index (χ1) is 10.5. The highest BCUT2D eigenvalue weighted by atomic mass is 32.2. The van der Waals surface area contributed by atoms with E-state index in [4.69, 9.17) is 9.47 Å². The molecule has 120 valence electrons. The molecule has 1 N–H and O–H groups in total. The molecule has 0 amide bonds. The Kier molecular flexibility index (Phi) is 5.44. The molecule has 22 heavy (non-hydrogen) atoms. The van der Waals surface area contributed by atoms with Gasteiger partial charge in [0.15, 0.2) is 0 Å². The molecule has 7 heteroatoms. The van der Waals surface area contributed by atoms with Gasteiger partial charge in [-0.15, -0.1) is 11.3 Å². The number of nitrogens with one attached hydrogen (secondary N) is 1. The van der Waals surface area contributed by atoms with Crippen molar-refractivity contribution in [2.45, 2.75) is 17.6 Å². The Labute approximate surface area is 134 Å². The predicted molar refractivity (Wildman–Crippen MR) is 87.5 cm³/mol. The van der Waals surface area contributed by atoms with Crippen molar-refractivity contribution in [1.29, 1.82) is 0 Å². The van der Waals surface area contributed by atoms with Crippen LogP contribution in [0.1, 0.15) is 11.1 Å². The second kappa shape index (κ2) is 7.13. The number of methoxy groups -OCH3 is 2. The van der Waals surface area contributed by atoms with Gasteiger partial charge < -0.3 is 9.47 Å². The second-order valence-corrected chi connectivity index (χ2v) is 7.61. The van der Waals surface area contributed by atoms with E-state index in [1.165, 1.54) is 11.3 Å². The van der Waals surface area contributed by atoms with E-state index >= 15 is 0 Å². The van der Waals surface area contributed by atoms with Crippen LogP contribution in [0.15, 0.2) is 33.9 Å². The lowest BCUT2D eigenvalue weighted by Crippen LogP contribution is -2.25. The minimum Gasteiger partial charge on any atom is -0.496 e. The van der Waals surface area contributed by atoms with Gasteiger partial charge in [-0.2, -0.15) is 0 Å². The van der Waals surface area contributed by atoms with Crippen molar-refractivity contribution >= 4 is 21.4 Å². The van der Waals surface area contributed by atoms with E-state index in [9.17, 15) is 8.42 Å². The quantitative estimate of drug-likeness (QED) is 0.841. The number of rotatable bonds is 7. The van der Waals surface area contributed by atoms with E-state index in [0.717, 1.165) is 22.6 Å². The van der Waals surface area contributed by atoms with Gasteiger partial charge in [-0.25, -0.2) is 13.1 Å². The summed E-state index contributed by atoms with van der Waals surface area (Å²) < 4.78 is 37.7. The third-order valence-electron chi connectivity index (χ3n) is 3.31. The van der Waals surface area contributed by atoms with Crippen LogP contribution in [-0.4, -0.2) is 29.2 Å². The zero-order valence-electron chi connectivity index (χ0n) is 12.8. The van der Waals surface area contributed by atoms with Gasteiger partial charge in [0.2, 0.25) is 10.0 Å². The zero-order chi connectivity index (χ0) is 16.2. The summed E-state index contributed by atoms with van der Waals surface area (Å²) in [6.45, 7) is 2.22. The van der Waals surface area contributed by atoms with Crippen LogP contribution in [0, 0.1) is 6.92 Å². The van der Waals surface area contributed by atoms with E-state index in [1.54, 1.807) is 31.7 Å². The van der Waals surface area contributed by atoms with Crippen molar-refractivity contribution in [1.82, 2.24) is 4.72 Å². The van der Waals surface area contributed by atoms with E-state index in [-0.39, 0.29) is 0 Å². The maximum atomic E-state index is 12.1. The standard InChI is InChI=1S/C15H19NO4S2/c1-11-13(19-2)7-6-12(15(11)20-3)8-9-16-22(17,18)14-5-4-10-21-14/h4-7,10,16H,8-9H2,1-3H3. The minimum atomic E-state index is -3.43. The fourth-order valence-corrected chi connectivity index (χ4v) is 4.31. The third kappa shape index (κ3) is 3.60. The van der Waals surface area contributed by atoms with Gasteiger partial charge in [-0.1, -0.05) is 12.1 Å². The lowest BCUT2D eigenvalue weighted by molar-refractivity contribution is 0.385. The molecule has 2 rings (SSSR count). The minimum absolute atomic E-state index is 0.308. The summed E-state index contributed by atoms with van der Waals surface area (Å²) in [5, 5.41) is 1.74. The SMILES string of the molecule is COc1ccc(CCNS(=O)(=O)c2cccs2)c(OC)c1C. The van der Waals surface area contributed by atoms with Crippen LogP contribution in [0.5, 0.6) is 11.5 Å². The third-order valence-corrected chi connectivity index (χ3v) is 6.17. The Morgan fingerprint density at radius 2 is 1.95 bits per heavy atom. The first-order valence-corrected chi connectivity index (χ1v) is 9.09. The van der Waals surface area contributed by atoms with Crippen LogP contribution in [0.3, 0.4) is 0 Å². The van der Waals surface area contributed by atoms with Crippen LogP contribution in [0.25, 0.3) is 0 Å². The summed E-state index contributed by atoms with van der Waals surface area (Å²) in [4.78, 5) is 0. The number of thiophene rings is 1. The topological polar surface area (TPSA) is 64.6 Å². The van der Waals surface area contributed by atoms with E-state index in [1.807, 2.05) is 19.1 Å². The Bertz CT molecular complexity index is 724. The molecule has 1 heterocycles. The van der Waals surface area contributed by atoms with Gasteiger partial charge in [0, 0.05) is 12.1 Å². The first kappa shape index (κ1) is 16.8. The highest BCUT2D eigenvalue weighted by Crippen LogP contribution is 2.31. The first-order valence-electron chi connectivity index (χ1n) is 6.73. The van der Waals surface area contributed by atoms with Crippen LogP contribution < -0.4 is 14.2 Å². The highest BCUT2D eigenvalue weighted by molar-refractivity contribution is 7.91. The molecule has 0 aliphatic heterocycles. The van der Waals surface area contributed by atoms with Gasteiger partial charge in [0.1, 0.15) is 15.7 Å². The smallest absolute Gasteiger partial charge is 0.250 e. The number of hydrogen-bond donors (Lipinski definition) is 1. The molecule has 2 aromatic rings. The number of ether oxygens (including phenoxy) is 2. The van der Waals surface area contributed by atoms with Crippen molar-refractivity contribution in [3.8, 4) is 11.5 Å². The molecule has 0 aliphatic rings. The molecular weight excluding hydrogens is 322 g/mol. The van der Waals surface area contributed by atoms with E-state index in [0.29, 0.717) is 17.2 Å². The Morgan fingerprint density at radius 1 is 1.18 bits per heavy atom. The monoisotopic (exact) mass is 341 g/mol. The van der Waals surface area contributed by atoms with Gasteiger partial charge in [-0.05, 0) is 36.4 Å². The number of benzene rings is 1. The van der Waals surface area contributed by atoms with Crippen LogP contribution in [0.4, 0.5) is 0 Å². The molecule has 5 nitrogen and oxygen atoms in total. The molecule has 0 saturated carbocycles. The van der Waals surface area contributed by atoms with E-state index in [2.05, 4.69) is 4.72 Å². The Balaban J connectivity index is 2.08. The normalized spacial score (nSPS) is 11.4. The lowest BCUT2D eigenvalue weighted by atomic mass is 10.1. The summed E-state index contributed by atoms with van der Waals surface area (Å²) in [6.07, 6.45) is 0.540. The predicted octanol–water partition coefficient (Wildman–Crippen LogP) is 2.59. The van der Waals surface area contributed by atoms with Crippen molar-refractivity contribution in [2.75, 3.05) is 20.8 Å². The molecule has 1 aromatic heterocycles. The maximum absolute atomic E-state index is 12.1. The molecule has 0 radical (unpaired) electrons. The van der Waals surface area contributed by atoms with Crippen molar-refractivity contribution < 1.29 is 17.9 Å². The summed E-state index contributed by atoms with van der Waals surface area (Å²) in [5.74, 6) is 1.48. The van der Waals surface area contributed by atoms with Crippen molar-refractivity contribution in [3.05, 3.63) is 40.8 Å². The van der Waals surface area contributed by atoms with Crippen molar-refractivity contribution in [3.63, 3.8) is 0 Å². The molecule has 0 unspecified atom stereocenters. The van der Waals surface area contributed by atoms with Crippen LogP contribution in [0.2, 0.25) is 0 Å². The zero-order valence-corrected chi connectivity index (χ0v) is 14.4. The second-order valence-electron chi connectivity index (χ2n) is 4.67. The molecule has 0 saturated heterocycles. The molecule has 1 aromatic carbocycles. The lowest BCUT2D eigenvalue weighted by Gasteiger charge is -2.14. The van der Waals surface area contributed by atoms with Crippen LogP contribution >= 0.6 is 11.3 Å². The van der Waals surface area contributed by atoms with Gasteiger partial charge in [-0.3, -0.25) is 0 Å². The molecule has 0 fully saturated rings. The molecule has 0 aliphatic carbocycles. The average Bonchev–Trinajstić information content (AvgIpc) is 3.02. The van der Waals surface area contributed by atoms with Gasteiger partial charge in [0.05, 0.1) is 14.2 Å². The van der Waals surface area contributed by atoms with Gasteiger partial charge >= 0.3 is 0 Å². The Hall–Kier alpha value is -1.57.